The van der Waals surface area contributed by atoms with Crippen molar-refractivity contribution in [2.45, 2.75) is 52.4 Å². The monoisotopic (exact) mass is 518 g/mol. The fourth-order valence-electron chi connectivity index (χ4n) is 5.37. The van der Waals surface area contributed by atoms with Crippen molar-refractivity contribution in [2.75, 3.05) is 14.2 Å². The number of rotatable bonds is 7. The molecule has 1 N–H and O–H groups in total. The van der Waals surface area contributed by atoms with E-state index in [4.69, 9.17) is 18.6 Å². The van der Waals surface area contributed by atoms with Gasteiger partial charge in [0.2, 0.25) is 5.43 Å². The fraction of sp³-hybridized carbons (Fsp3) is 0.367. The summed E-state index contributed by atoms with van der Waals surface area (Å²) >= 11 is 0. The van der Waals surface area contributed by atoms with Crippen LogP contribution in [0.15, 0.2) is 50.9 Å². The summed E-state index contributed by atoms with van der Waals surface area (Å²) in [5.74, 6) is 1.72. The van der Waals surface area contributed by atoms with E-state index in [1.807, 2.05) is 13.8 Å². The second-order valence-electron chi connectivity index (χ2n) is 10.6. The Kier molecular flexibility index (Phi) is 6.51. The predicted octanol–water partition coefficient (Wildman–Crippen LogP) is 5.46. The molecule has 0 amide bonds. The van der Waals surface area contributed by atoms with E-state index in [2.05, 4.69) is 0 Å². The minimum Gasteiger partial charge on any atom is -0.493 e. The third-order valence-corrected chi connectivity index (χ3v) is 7.20. The highest BCUT2D eigenvalue weighted by atomic mass is 16.5. The van der Waals surface area contributed by atoms with Gasteiger partial charge in [0.05, 0.1) is 25.2 Å². The highest BCUT2D eigenvalue weighted by molar-refractivity contribution is 5.99. The molecule has 1 aromatic heterocycles. The van der Waals surface area contributed by atoms with Crippen LogP contribution in [0.3, 0.4) is 0 Å². The van der Waals surface area contributed by atoms with Crippen molar-refractivity contribution in [1.82, 2.24) is 0 Å². The van der Waals surface area contributed by atoms with Gasteiger partial charge in [-0.25, -0.2) is 0 Å². The van der Waals surface area contributed by atoms with Gasteiger partial charge in [-0.15, -0.1) is 0 Å². The molecule has 38 heavy (non-hydrogen) atoms. The van der Waals surface area contributed by atoms with Gasteiger partial charge in [0.15, 0.2) is 17.3 Å². The van der Waals surface area contributed by atoms with Crippen molar-refractivity contribution in [3.8, 4) is 28.4 Å². The zero-order chi connectivity index (χ0) is 27.2. The molecular weight excluding hydrogens is 488 g/mol. The maximum atomic E-state index is 14.0. The molecule has 2 heterocycles. The van der Waals surface area contributed by atoms with E-state index in [0.717, 1.165) is 0 Å². The zero-order valence-electron chi connectivity index (χ0n) is 21.9. The molecule has 0 atom stereocenters. The van der Waals surface area contributed by atoms with Crippen LogP contribution in [0.2, 0.25) is 0 Å². The first kappa shape index (κ1) is 25.6. The lowest BCUT2D eigenvalue weighted by Crippen LogP contribution is -2.30. The molecule has 0 spiro atoms. The van der Waals surface area contributed by atoms with Gasteiger partial charge in [-0.2, -0.15) is 0 Å². The first-order chi connectivity index (χ1) is 18.1. The van der Waals surface area contributed by atoms with Crippen molar-refractivity contribution in [3.63, 3.8) is 0 Å². The van der Waals surface area contributed by atoms with Gasteiger partial charge >= 0.3 is 5.97 Å². The summed E-state index contributed by atoms with van der Waals surface area (Å²) in [5, 5.41) is 9.55. The Morgan fingerprint density at radius 2 is 1.82 bits per heavy atom. The summed E-state index contributed by atoms with van der Waals surface area (Å²) < 4.78 is 23.4. The SMILES string of the molecule is COc1ccc(-c2c(CCCC(=O)O)oc3c4c(ccc3c2=O)OC2=C(C4)C(=O)CC(C)(C)C2)cc1OC. The molecule has 8 heteroatoms. The second-order valence-corrected chi connectivity index (χ2v) is 10.6. The Labute approximate surface area is 219 Å². The van der Waals surface area contributed by atoms with Gasteiger partial charge in [-0.05, 0) is 41.7 Å². The third-order valence-electron chi connectivity index (χ3n) is 7.20. The Bertz CT molecular complexity index is 1560. The molecule has 1 aliphatic carbocycles. The largest absolute Gasteiger partial charge is 0.493 e. The van der Waals surface area contributed by atoms with Gasteiger partial charge in [-0.3, -0.25) is 14.4 Å². The van der Waals surface area contributed by atoms with Gasteiger partial charge < -0.3 is 23.7 Å². The summed E-state index contributed by atoms with van der Waals surface area (Å²) in [6, 6.07) is 8.61. The molecule has 2 aromatic carbocycles. The molecule has 0 unspecified atom stereocenters. The van der Waals surface area contributed by atoms with E-state index in [9.17, 15) is 19.5 Å². The van der Waals surface area contributed by atoms with Gasteiger partial charge in [-0.1, -0.05) is 19.9 Å². The number of fused-ring (bicyclic) bond motifs is 3. The summed E-state index contributed by atoms with van der Waals surface area (Å²) in [6.45, 7) is 4.10. The number of Topliss-reactive ketones (excluding diaryl/α,β-unsaturated/α-hetero) is 1. The highest BCUT2D eigenvalue weighted by Crippen LogP contribution is 2.44. The zero-order valence-corrected chi connectivity index (χ0v) is 21.9. The van der Waals surface area contributed by atoms with Crippen LogP contribution in [-0.2, 0) is 22.4 Å². The van der Waals surface area contributed by atoms with E-state index < -0.39 is 5.97 Å². The normalized spacial score (nSPS) is 16.1. The molecule has 1 aliphatic heterocycles. The number of benzene rings is 2. The maximum absolute atomic E-state index is 14.0. The average Bonchev–Trinajstić information content (AvgIpc) is 2.86. The molecule has 0 fully saturated rings. The van der Waals surface area contributed by atoms with E-state index in [1.165, 1.54) is 14.2 Å². The topological polar surface area (TPSA) is 112 Å². The van der Waals surface area contributed by atoms with Crippen LogP contribution in [0.1, 0.15) is 50.9 Å². The number of allylic oxidation sites excluding steroid dienone is 2. The average molecular weight is 519 g/mol. The lowest BCUT2D eigenvalue weighted by atomic mass is 9.74. The van der Waals surface area contributed by atoms with Crippen molar-refractivity contribution >= 4 is 22.7 Å². The molecule has 5 rings (SSSR count). The molecule has 0 bridgehead atoms. The Balaban J connectivity index is 1.68. The van der Waals surface area contributed by atoms with Crippen molar-refractivity contribution < 1.29 is 33.3 Å². The third kappa shape index (κ3) is 4.55. The number of carboxylic acids is 1. The van der Waals surface area contributed by atoms with Crippen LogP contribution >= 0.6 is 0 Å². The highest BCUT2D eigenvalue weighted by Gasteiger charge is 2.37. The molecular formula is C30H30O8. The summed E-state index contributed by atoms with van der Waals surface area (Å²) in [5.41, 5.74) is 2.15. The van der Waals surface area contributed by atoms with Crippen molar-refractivity contribution in [1.29, 1.82) is 0 Å². The predicted molar refractivity (Wildman–Crippen MR) is 141 cm³/mol. The molecule has 0 saturated heterocycles. The van der Waals surface area contributed by atoms with E-state index in [0.29, 0.717) is 87.7 Å². The number of ketones is 1. The number of carbonyl (C=O) groups excluding carboxylic acids is 1. The van der Waals surface area contributed by atoms with Crippen LogP contribution in [0.5, 0.6) is 17.2 Å². The second kappa shape index (κ2) is 9.67. The lowest BCUT2D eigenvalue weighted by Gasteiger charge is -2.34. The summed E-state index contributed by atoms with van der Waals surface area (Å²) in [6.07, 6.45) is 1.89. The van der Waals surface area contributed by atoms with Gasteiger partial charge in [0.1, 0.15) is 22.9 Å². The van der Waals surface area contributed by atoms with E-state index in [-0.39, 0.29) is 29.5 Å². The lowest BCUT2D eigenvalue weighted by molar-refractivity contribution is -0.137. The first-order valence-corrected chi connectivity index (χ1v) is 12.6. The number of hydrogen-bond donors (Lipinski definition) is 1. The van der Waals surface area contributed by atoms with Crippen molar-refractivity contribution in [3.05, 3.63) is 63.2 Å². The first-order valence-electron chi connectivity index (χ1n) is 12.6. The van der Waals surface area contributed by atoms with Gasteiger partial charge in [0, 0.05) is 43.2 Å². The fourth-order valence-corrected chi connectivity index (χ4v) is 5.37. The molecule has 198 valence electrons. The van der Waals surface area contributed by atoms with Gasteiger partial charge in [0.25, 0.3) is 0 Å². The Hall–Kier alpha value is -4.07. The van der Waals surface area contributed by atoms with Crippen LogP contribution in [0, 0.1) is 5.41 Å². The van der Waals surface area contributed by atoms with E-state index in [1.54, 1.807) is 30.3 Å². The minimum atomic E-state index is -0.926. The van der Waals surface area contributed by atoms with Crippen LogP contribution in [0.25, 0.3) is 22.1 Å². The summed E-state index contributed by atoms with van der Waals surface area (Å²) in [4.78, 5) is 38.1. The molecule has 8 nitrogen and oxygen atoms in total. The summed E-state index contributed by atoms with van der Waals surface area (Å²) in [7, 11) is 3.05. The van der Waals surface area contributed by atoms with Crippen LogP contribution in [-0.4, -0.2) is 31.1 Å². The number of ether oxygens (including phenoxy) is 3. The number of aryl methyl sites for hydroxylation is 1. The standard InChI is InChI=1S/C30H30O8/c1-30(2)14-20(31)18-13-19-21(37-25(18)15-30)11-9-17-28(34)27(16-8-10-22(35-3)24(12-16)36-4)23(38-29(17)19)6-5-7-26(32)33/h8-12H,5-7,13-15H2,1-4H3,(H,32,33). The molecule has 2 aliphatic rings. The smallest absolute Gasteiger partial charge is 0.303 e. The van der Waals surface area contributed by atoms with Crippen molar-refractivity contribution in [2.24, 2.45) is 5.41 Å². The minimum absolute atomic E-state index is 0.0462. The number of hydrogen-bond acceptors (Lipinski definition) is 7. The Morgan fingerprint density at radius 3 is 2.53 bits per heavy atom. The quantitative estimate of drug-likeness (QED) is 0.439. The van der Waals surface area contributed by atoms with E-state index >= 15 is 0 Å². The van der Waals surface area contributed by atoms with Crippen LogP contribution < -0.4 is 19.6 Å². The number of carboxylic acid groups (broad SMARTS) is 1. The maximum Gasteiger partial charge on any atom is 0.303 e. The van der Waals surface area contributed by atoms with Crippen LogP contribution in [0.4, 0.5) is 0 Å². The molecule has 0 saturated carbocycles. The number of carbonyl (C=O) groups is 2. The molecule has 0 radical (unpaired) electrons. The Morgan fingerprint density at radius 1 is 1.05 bits per heavy atom. The number of methoxy groups -OCH3 is 2. The number of aliphatic carboxylic acids is 1. The molecule has 3 aromatic rings.